The van der Waals surface area contributed by atoms with E-state index in [-0.39, 0.29) is 5.05 Å². The van der Waals surface area contributed by atoms with Crippen LogP contribution in [0.2, 0.25) is 0 Å². The van der Waals surface area contributed by atoms with Crippen molar-refractivity contribution < 1.29 is 5.11 Å². The summed E-state index contributed by atoms with van der Waals surface area (Å²) in [6, 6.07) is 7.84. The molecule has 0 heterocycles. The van der Waals surface area contributed by atoms with E-state index in [1.807, 2.05) is 31.2 Å². The molecule has 0 bridgehead atoms. The maximum atomic E-state index is 9.14. The molecule has 0 aliphatic carbocycles. The smallest absolute Gasteiger partial charge is 0.0877 e. The van der Waals surface area contributed by atoms with Gasteiger partial charge in [-0.2, -0.15) is 0 Å². The Kier molecular flexibility index (Phi) is 3.32. The van der Waals surface area contributed by atoms with Gasteiger partial charge >= 0.3 is 0 Å². The van der Waals surface area contributed by atoms with E-state index < -0.39 is 9.70 Å². The van der Waals surface area contributed by atoms with E-state index in [2.05, 4.69) is 0 Å². The molecule has 1 unspecified atom stereocenters. The second-order valence-electron chi connectivity index (χ2n) is 2.59. The minimum absolute atomic E-state index is 0.264. The molecule has 0 spiro atoms. The maximum absolute atomic E-state index is 9.14. The Balaban J connectivity index is 3.06. The topological polar surface area (TPSA) is 20.2 Å². The summed E-state index contributed by atoms with van der Waals surface area (Å²) in [5.74, 6) is 0. The highest BCUT2D eigenvalue weighted by Crippen LogP contribution is 2.31. The van der Waals surface area contributed by atoms with Crippen LogP contribution in [0, 0.1) is 6.92 Å². The lowest BCUT2D eigenvalue weighted by Gasteiger charge is -2.01. The molecule has 12 heavy (non-hydrogen) atoms. The SMILES string of the molecule is C/C(O)=S(/Cl)c1ccc(C)cc1. The normalized spacial score (nSPS) is 14.2. The molecule has 66 valence electrons. The van der Waals surface area contributed by atoms with Crippen molar-refractivity contribution in [2.45, 2.75) is 18.7 Å². The molecular weight excluding hydrogens is 192 g/mol. The number of aryl methyl sites for hydroxylation is 1. The third kappa shape index (κ3) is 2.34. The molecule has 1 N–H and O–H groups in total. The minimum Gasteiger partial charge on any atom is -0.358 e. The van der Waals surface area contributed by atoms with Crippen LogP contribution in [0.4, 0.5) is 0 Å². The highest BCUT2D eigenvalue weighted by Gasteiger charge is 1.97. The first-order valence-electron chi connectivity index (χ1n) is 3.61. The fraction of sp³-hybridized carbons (Fsp3) is 0.222. The first-order chi connectivity index (χ1) is 5.61. The molecule has 1 aromatic rings. The summed E-state index contributed by atoms with van der Waals surface area (Å²) in [7, 11) is 5.29. The van der Waals surface area contributed by atoms with Crippen LogP contribution in [0.15, 0.2) is 29.2 Å². The molecule has 3 heteroatoms. The van der Waals surface area contributed by atoms with Crippen LogP contribution in [-0.4, -0.2) is 10.2 Å². The molecular formula is C9H11ClOS. The zero-order valence-corrected chi connectivity index (χ0v) is 8.62. The third-order valence-electron chi connectivity index (χ3n) is 1.49. The number of hydrogen-bond acceptors (Lipinski definition) is 0. The maximum Gasteiger partial charge on any atom is 0.0877 e. The standard InChI is InChI=1S/C9H11ClOS/c1-7-3-5-9(6-4-7)12(10)8(2)11/h3-6,11H,1-2H3. The van der Waals surface area contributed by atoms with Gasteiger partial charge in [0.25, 0.3) is 0 Å². The Morgan fingerprint density at radius 2 is 1.83 bits per heavy atom. The number of hydrogen-bond donors (Lipinski definition) is 1. The van der Waals surface area contributed by atoms with Gasteiger partial charge in [0.2, 0.25) is 0 Å². The van der Waals surface area contributed by atoms with Crippen molar-refractivity contribution in [3.05, 3.63) is 29.8 Å². The van der Waals surface area contributed by atoms with Gasteiger partial charge in [-0.1, -0.05) is 17.7 Å². The summed E-state index contributed by atoms with van der Waals surface area (Å²) < 4.78 is 0. The molecule has 0 saturated carbocycles. The van der Waals surface area contributed by atoms with Crippen molar-refractivity contribution >= 4 is 25.4 Å². The van der Waals surface area contributed by atoms with Crippen molar-refractivity contribution in [1.82, 2.24) is 0 Å². The highest BCUT2D eigenvalue weighted by molar-refractivity contribution is 8.34. The number of aliphatic hydroxyl groups excluding tert-OH is 1. The van der Waals surface area contributed by atoms with Crippen molar-refractivity contribution in [3.8, 4) is 0 Å². The van der Waals surface area contributed by atoms with Gasteiger partial charge in [-0.25, -0.2) is 0 Å². The summed E-state index contributed by atoms with van der Waals surface area (Å²) in [6.45, 7) is 3.64. The Hall–Kier alpha value is -0.310. The fourth-order valence-electron chi connectivity index (χ4n) is 0.828. The Labute approximate surface area is 79.4 Å². The molecule has 0 saturated heterocycles. The Morgan fingerprint density at radius 3 is 2.25 bits per heavy atom. The van der Waals surface area contributed by atoms with Gasteiger partial charge in [-0.3, -0.25) is 0 Å². The number of benzene rings is 1. The average molecular weight is 203 g/mol. The molecule has 1 rings (SSSR count). The fourth-order valence-corrected chi connectivity index (χ4v) is 1.85. The lowest BCUT2D eigenvalue weighted by Crippen LogP contribution is -1.85. The van der Waals surface area contributed by atoms with E-state index in [4.69, 9.17) is 15.8 Å². The van der Waals surface area contributed by atoms with Gasteiger partial charge in [0.15, 0.2) is 0 Å². The summed E-state index contributed by atoms with van der Waals surface area (Å²) in [4.78, 5) is 0.960. The second-order valence-corrected chi connectivity index (χ2v) is 5.09. The third-order valence-corrected chi connectivity index (χ3v) is 3.90. The zero-order chi connectivity index (χ0) is 9.14. The lowest BCUT2D eigenvalue weighted by molar-refractivity contribution is 0.564. The van der Waals surface area contributed by atoms with E-state index >= 15 is 0 Å². The van der Waals surface area contributed by atoms with Crippen LogP contribution in [-0.2, 0) is 0 Å². The van der Waals surface area contributed by atoms with Crippen LogP contribution in [0.3, 0.4) is 0 Å². The largest absolute Gasteiger partial charge is 0.358 e. The first kappa shape index (κ1) is 9.78. The molecule has 1 atom stereocenters. The summed E-state index contributed by atoms with van der Waals surface area (Å²) in [5.41, 5.74) is 1.20. The summed E-state index contributed by atoms with van der Waals surface area (Å²) in [6.07, 6.45) is 0. The molecule has 0 aromatic heterocycles. The van der Waals surface area contributed by atoms with Gasteiger partial charge < -0.3 is 5.11 Å². The zero-order valence-electron chi connectivity index (χ0n) is 7.04. The molecule has 1 nitrogen and oxygen atoms in total. The van der Waals surface area contributed by atoms with Crippen molar-refractivity contribution in [2.24, 2.45) is 0 Å². The lowest BCUT2D eigenvalue weighted by atomic mass is 10.2. The summed E-state index contributed by atoms with van der Waals surface area (Å²) >= 11 is 0. The molecule has 0 amide bonds. The van der Waals surface area contributed by atoms with Crippen LogP contribution >= 0.6 is 20.4 Å². The van der Waals surface area contributed by atoms with Gasteiger partial charge in [0.1, 0.15) is 0 Å². The van der Waals surface area contributed by atoms with Gasteiger partial charge in [0.05, 0.1) is 5.05 Å². The number of rotatable bonds is 1. The second kappa shape index (κ2) is 4.08. The molecule has 0 aliphatic heterocycles. The minimum atomic E-state index is -0.649. The van der Waals surface area contributed by atoms with Gasteiger partial charge in [0, 0.05) is 4.90 Å². The molecule has 0 aliphatic rings. The average Bonchev–Trinajstić information content (AvgIpc) is 2.04. The van der Waals surface area contributed by atoms with Crippen molar-refractivity contribution in [1.29, 1.82) is 0 Å². The highest BCUT2D eigenvalue weighted by atomic mass is 35.7. The monoisotopic (exact) mass is 202 g/mol. The van der Waals surface area contributed by atoms with E-state index in [0.29, 0.717) is 0 Å². The van der Waals surface area contributed by atoms with Crippen LogP contribution in [0.25, 0.3) is 0 Å². The predicted molar refractivity (Wildman–Crippen MR) is 56.2 cm³/mol. The molecule has 1 aromatic carbocycles. The Morgan fingerprint density at radius 1 is 1.33 bits per heavy atom. The van der Waals surface area contributed by atoms with Crippen LogP contribution in [0.1, 0.15) is 12.5 Å². The van der Waals surface area contributed by atoms with Crippen LogP contribution in [0.5, 0.6) is 0 Å². The van der Waals surface area contributed by atoms with Crippen molar-refractivity contribution in [2.75, 3.05) is 0 Å². The number of halogens is 1. The van der Waals surface area contributed by atoms with Gasteiger partial charge in [-0.15, -0.1) is 0 Å². The van der Waals surface area contributed by atoms with Gasteiger partial charge in [-0.05, 0) is 46.4 Å². The quantitative estimate of drug-likeness (QED) is 0.692. The van der Waals surface area contributed by atoms with Crippen LogP contribution < -0.4 is 0 Å². The van der Waals surface area contributed by atoms with E-state index in [1.54, 1.807) is 6.92 Å². The molecule has 0 radical (unpaired) electrons. The summed E-state index contributed by atoms with van der Waals surface area (Å²) in [5, 5.41) is 9.41. The Bertz CT molecular complexity index is 299. The molecule has 0 fully saturated rings. The van der Waals surface area contributed by atoms with E-state index in [0.717, 1.165) is 4.90 Å². The predicted octanol–water partition coefficient (Wildman–Crippen LogP) is 3.48. The number of aliphatic hydroxyl groups is 1. The van der Waals surface area contributed by atoms with E-state index in [9.17, 15) is 0 Å². The first-order valence-corrected chi connectivity index (χ1v) is 5.66. The van der Waals surface area contributed by atoms with E-state index in [1.165, 1.54) is 5.56 Å². The van der Waals surface area contributed by atoms with Crippen molar-refractivity contribution in [3.63, 3.8) is 0 Å².